The van der Waals surface area contributed by atoms with Crippen molar-refractivity contribution in [3.05, 3.63) is 65.0 Å². The highest BCUT2D eigenvalue weighted by atomic mass is 32.2. The van der Waals surface area contributed by atoms with E-state index in [0.29, 0.717) is 11.0 Å². The van der Waals surface area contributed by atoms with Crippen molar-refractivity contribution in [2.75, 3.05) is 11.1 Å². The third-order valence-corrected chi connectivity index (χ3v) is 7.45. The van der Waals surface area contributed by atoms with Crippen LogP contribution in [0.2, 0.25) is 0 Å². The van der Waals surface area contributed by atoms with Gasteiger partial charge in [0.15, 0.2) is 5.16 Å². The van der Waals surface area contributed by atoms with Crippen LogP contribution in [0.25, 0.3) is 0 Å². The van der Waals surface area contributed by atoms with Gasteiger partial charge in [0, 0.05) is 12.7 Å². The minimum atomic E-state index is -3.66. The van der Waals surface area contributed by atoms with E-state index in [4.69, 9.17) is 0 Å². The number of rotatable bonds is 9. The minimum absolute atomic E-state index is 0.00443. The van der Waals surface area contributed by atoms with Crippen LogP contribution in [0.5, 0.6) is 0 Å². The van der Waals surface area contributed by atoms with Crippen molar-refractivity contribution in [3.63, 3.8) is 0 Å². The van der Waals surface area contributed by atoms with Crippen molar-refractivity contribution in [1.82, 2.24) is 19.5 Å². The Morgan fingerprint density at radius 2 is 1.81 bits per heavy atom. The Labute approximate surface area is 192 Å². The number of hydrogen-bond donors (Lipinski definition) is 2. The molecular weight excluding hydrogens is 446 g/mol. The number of aryl methyl sites for hydroxylation is 3. The van der Waals surface area contributed by atoms with Crippen molar-refractivity contribution in [2.24, 2.45) is 7.05 Å². The maximum Gasteiger partial charge on any atom is 0.240 e. The third kappa shape index (κ3) is 5.76. The van der Waals surface area contributed by atoms with E-state index in [1.54, 1.807) is 35.9 Å². The number of nitrogens with zero attached hydrogens (tertiary/aromatic N) is 3. The normalized spacial score (nSPS) is 11.5. The molecule has 0 saturated carbocycles. The molecule has 0 aliphatic carbocycles. The van der Waals surface area contributed by atoms with E-state index in [1.807, 2.05) is 39.0 Å². The Balaban J connectivity index is 1.59. The van der Waals surface area contributed by atoms with E-state index in [2.05, 4.69) is 20.2 Å². The summed E-state index contributed by atoms with van der Waals surface area (Å²) in [4.78, 5) is 12.7. The van der Waals surface area contributed by atoms with Crippen LogP contribution in [0.3, 0.4) is 0 Å². The van der Waals surface area contributed by atoms with Gasteiger partial charge < -0.3 is 9.88 Å². The molecule has 0 bridgehead atoms. The molecule has 2 N–H and O–H groups in total. The molecule has 1 heterocycles. The first-order chi connectivity index (χ1) is 15.2. The number of nitrogens with one attached hydrogen (secondary N) is 2. The topological polar surface area (TPSA) is 106 Å². The molecule has 3 aromatic rings. The van der Waals surface area contributed by atoms with Gasteiger partial charge in [-0.1, -0.05) is 54.6 Å². The molecule has 1 amide bonds. The highest BCUT2D eigenvalue weighted by molar-refractivity contribution is 7.99. The maximum atomic E-state index is 12.5. The zero-order valence-corrected chi connectivity index (χ0v) is 20.2. The number of para-hydroxylation sites is 1. The molecule has 0 spiro atoms. The summed E-state index contributed by atoms with van der Waals surface area (Å²) in [5, 5.41) is 11.7. The number of thioether (sulfide) groups is 1. The Bertz CT molecular complexity index is 1200. The second-order valence-electron chi connectivity index (χ2n) is 7.39. The zero-order valence-electron chi connectivity index (χ0n) is 18.5. The van der Waals surface area contributed by atoms with Crippen LogP contribution in [0.1, 0.15) is 29.4 Å². The molecule has 0 saturated heterocycles. The van der Waals surface area contributed by atoms with Crippen molar-refractivity contribution in [1.29, 1.82) is 0 Å². The number of benzene rings is 2. The summed E-state index contributed by atoms with van der Waals surface area (Å²) in [5.41, 5.74) is 3.94. The van der Waals surface area contributed by atoms with Crippen LogP contribution in [-0.4, -0.2) is 34.8 Å². The fraction of sp³-hybridized carbons (Fsp3) is 0.318. The summed E-state index contributed by atoms with van der Waals surface area (Å²) in [6.07, 6.45) is 0.829. The van der Waals surface area contributed by atoms with E-state index < -0.39 is 10.0 Å². The standard InChI is InChI=1S/C22H27N5O3S2/c1-5-17-8-6-7-16(3)21(17)24-20(28)14-31-22-26-25-19(27(22)4)13-23-32(29,30)18-11-9-15(2)10-12-18/h6-12,23H,5,13-14H2,1-4H3,(H,24,28). The molecule has 2 aromatic carbocycles. The molecule has 8 nitrogen and oxygen atoms in total. The molecule has 1 aromatic heterocycles. The number of carbonyl (C=O) groups is 1. The SMILES string of the molecule is CCc1cccc(C)c1NC(=O)CSc1nnc(CNS(=O)(=O)c2ccc(C)cc2)n1C. The maximum absolute atomic E-state index is 12.5. The van der Waals surface area contributed by atoms with E-state index in [9.17, 15) is 13.2 Å². The number of hydrogen-bond acceptors (Lipinski definition) is 6. The lowest BCUT2D eigenvalue weighted by Crippen LogP contribution is -2.24. The van der Waals surface area contributed by atoms with Gasteiger partial charge in [0.25, 0.3) is 0 Å². The molecule has 0 radical (unpaired) electrons. The summed E-state index contributed by atoms with van der Waals surface area (Å²) in [6, 6.07) is 12.6. The predicted molar refractivity (Wildman–Crippen MR) is 126 cm³/mol. The van der Waals surface area contributed by atoms with Crippen molar-refractivity contribution in [3.8, 4) is 0 Å². The molecule has 0 atom stereocenters. The average Bonchev–Trinajstić information content (AvgIpc) is 3.12. The molecule has 0 aliphatic heterocycles. The predicted octanol–water partition coefficient (Wildman–Crippen LogP) is 3.20. The molecule has 10 heteroatoms. The van der Waals surface area contributed by atoms with Gasteiger partial charge in [-0.25, -0.2) is 13.1 Å². The third-order valence-electron chi connectivity index (χ3n) is 5.01. The van der Waals surface area contributed by atoms with Crippen molar-refractivity contribution < 1.29 is 13.2 Å². The number of amides is 1. The van der Waals surface area contributed by atoms with E-state index in [1.165, 1.54) is 11.8 Å². The molecule has 32 heavy (non-hydrogen) atoms. The summed E-state index contributed by atoms with van der Waals surface area (Å²) < 4.78 is 29.2. The Kier molecular flexibility index (Phi) is 7.70. The van der Waals surface area contributed by atoms with Gasteiger partial charge in [-0.15, -0.1) is 10.2 Å². The number of aromatic nitrogens is 3. The first kappa shape index (κ1) is 24.0. The van der Waals surface area contributed by atoms with Gasteiger partial charge in [-0.2, -0.15) is 0 Å². The number of anilines is 1. The summed E-state index contributed by atoms with van der Waals surface area (Å²) in [6.45, 7) is 5.91. The minimum Gasteiger partial charge on any atom is -0.325 e. The lowest BCUT2D eigenvalue weighted by Gasteiger charge is -2.12. The second-order valence-corrected chi connectivity index (χ2v) is 10.1. The van der Waals surface area contributed by atoms with Gasteiger partial charge in [0.2, 0.25) is 15.9 Å². The van der Waals surface area contributed by atoms with Gasteiger partial charge in [-0.3, -0.25) is 4.79 Å². The van der Waals surface area contributed by atoms with Gasteiger partial charge in [-0.05, 0) is 43.5 Å². The molecule has 3 rings (SSSR count). The first-order valence-electron chi connectivity index (χ1n) is 10.2. The van der Waals surface area contributed by atoms with E-state index in [-0.39, 0.29) is 23.1 Å². The lowest BCUT2D eigenvalue weighted by atomic mass is 10.1. The number of sulfonamides is 1. The van der Waals surface area contributed by atoms with Crippen LogP contribution in [0.4, 0.5) is 5.69 Å². The van der Waals surface area contributed by atoms with Crippen molar-refractivity contribution in [2.45, 2.75) is 43.8 Å². The van der Waals surface area contributed by atoms with Crippen molar-refractivity contribution >= 4 is 33.4 Å². The molecule has 0 fully saturated rings. The highest BCUT2D eigenvalue weighted by Crippen LogP contribution is 2.22. The molecule has 0 unspecified atom stereocenters. The largest absolute Gasteiger partial charge is 0.325 e. The summed E-state index contributed by atoms with van der Waals surface area (Å²) >= 11 is 1.25. The van der Waals surface area contributed by atoms with E-state index in [0.717, 1.165) is 28.8 Å². The van der Waals surface area contributed by atoms with Gasteiger partial charge in [0.05, 0.1) is 17.2 Å². The quantitative estimate of drug-likeness (QED) is 0.462. The van der Waals surface area contributed by atoms with Gasteiger partial charge >= 0.3 is 0 Å². The van der Waals surface area contributed by atoms with Crippen LogP contribution in [0.15, 0.2) is 52.5 Å². The fourth-order valence-electron chi connectivity index (χ4n) is 3.09. The van der Waals surface area contributed by atoms with Crippen LogP contribution in [-0.2, 0) is 34.8 Å². The zero-order chi connectivity index (χ0) is 23.3. The van der Waals surface area contributed by atoms with Crippen LogP contribution >= 0.6 is 11.8 Å². The summed E-state index contributed by atoms with van der Waals surface area (Å²) in [5.74, 6) is 0.484. The average molecular weight is 474 g/mol. The highest BCUT2D eigenvalue weighted by Gasteiger charge is 2.17. The smallest absolute Gasteiger partial charge is 0.240 e. The van der Waals surface area contributed by atoms with Crippen LogP contribution < -0.4 is 10.0 Å². The van der Waals surface area contributed by atoms with Crippen LogP contribution in [0, 0.1) is 13.8 Å². The monoisotopic (exact) mass is 473 g/mol. The van der Waals surface area contributed by atoms with E-state index >= 15 is 0 Å². The summed E-state index contributed by atoms with van der Waals surface area (Å²) in [7, 11) is -1.91. The Morgan fingerprint density at radius 3 is 2.50 bits per heavy atom. The number of carbonyl (C=O) groups excluding carboxylic acids is 1. The molecular formula is C22H27N5O3S2. The Morgan fingerprint density at radius 1 is 1.09 bits per heavy atom. The first-order valence-corrected chi connectivity index (χ1v) is 12.6. The lowest BCUT2D eigenvalue weighted by molar-refractivity contribution is -0.113. The fourth-order valence-corrected chi connectivity index (χ4v) is 4.80. The molecule has 0 aliphatic rings. The van der Waals surface area contributed by atoms with Gasteiger partial charge in [0.1, 0.15) is 5.82 Å². The molecule has 170 valence electrons. The second kappa shape index (κ2) is 10.3. The Hall–Kier alpha value is -2.69.